The smallest absolute Gasteiger partial charge is 0.339 e. The van der Waals surface area contributed by atoms with Crippen LogP contribution in [0.4, 0.5) is 5.69 Å². The molecule has 1 aliphatic heterocycles. The second kappa shape index (κ2) is 8.89. The number of esters is 2. The second-order valence-electron chi connectivity index (χ2n) is 7.07. The van der Waals surface area contributed by atoms with E-state index in [1.807, 2.05) is 12.2 Å². The lowest BCUT2D eigenvalue weighted by Crippen LogP contribution is -2.45. The average Bonchev–Trinajstić information content (AvgIpc) is 3.01. The van der Waals surface area contributed by atoms with Gasteiger partial charge in [-0.1, -0.05) is 24.3 Å². The molecule has 1 aliphatic carbocycles. The van der Waals surface area contributed by atoms with Crippen LogP contribution in [0.15, 0.2) is 36.4 Å². The van der Waals surface area contributed by atoms with E-state index >= 15 is 0 Å². The number of hydrogen-bond acceptors (Lipinski definition) is 7. The monoisotopic (exact) mass is 414 g/mol. The number of allylic oxidation sites excluding steroid dienone is 2. The van der Waals surface area contributed by atoms with Crippen molar-refractivity contribution in [2.75, 3.05) is 19.0 Å². The number of rotatable bonds is 6. The fraction of sp³-hybridized carbons (Fsp3) is 0.381. The van der Waals surface area contributed by atoms with Gasteiger partial charge in [0.15, 0.2) is 6.61 Å². The van der Waals surface area contributed by atoms with Crippen molar-refractivity contribution < 1.29 is 33.4 Å². The minimum atomic E-state index is -1.13. The highest BCUT2D eigenvalue weighted by Gasteiger charge is 2.50. The molecule has 1 saturated heterocycles. The average molecular weight is 414 g/mol. The Kier molecular flexibility index (Phi) is 6.29. The molecule has 3 amide bonds. The van der Waals surface area contributed by atoms with Crippen LogP contribution < -0.4 is 5.32 Å². The number of nitrogens with one attached hydrogen (secondary N) is 1. The molecule has 158 valence electrons. The minimum absolute atomic E-state index is 0.150. The molecule has 0 radical (unpaired) electrons. The summed E-state index contributed by atoms with van der Waals surface area (Å²) >= 11 is 0. The summed E-state index contributed by atoms with van der Waals surface area (Å²) in [6.45, 7) is 0.761. The summed E-state index contributed by atoms with van der Waals surface area (Å²) in [7, 11) is 1.22. The van der Waals surface area contributed by atoms with Gasteiger partial charge in [0.05, 0.1) is 30.2 Å². The molecule has 3 atom stereocenters. The molecular weight excluding hydrogens is 392 g/mol. The molecule has 1 aromatic carbocycles. The summed E-state index contributed by atoms with van der Waals surface area (Å²) in [5.74, 6) is -3.85. The number of ether oxygens (including phenoxy) is 2. The van der Waals surface area contributed by atoms with E-state index in [0.717, 1.165) is 4.90 Å². The Bertz CT molecular complexity index is 898. The molecule has 9 nitrogen and oxygen atoms in total. The SMILES string of the molecule is COC(=O)c1ccccc1NC(=O)COC(=O)[C@H](C)N1C(=O)[C@H]2CC=CC[C@H]2C1=O. The van der Waals surface area contributed by atoms with Crippen LogP contribution in [0, 0.1) is 11.8 Å². The van der Waals surface area contributed by atoms with Gasteiger partial charge >= 0.3 is 11.9 Å². The predicted octanol–water partition coefficient (Wildman–Crippen LogP) is 1.29. The first kappa shape index (κ1) is 21.2. The van der Waals surface area contributed by atoms with Crippen LogP contribution >= 0.6 is 0 Å². The summed E-state index contributed by atoms with van der Waals surface area (Å²) < 4.78 is 9.65. The molecule has 1 N–H and O–H groups in total. The largest absolute Gasteiger partial charge is 0.465 e. The maximum absolute atomic E-state index is 12.5. The van der Waals surface area contributed by atoms with Crippen LogP contribution in [-0.4, -0.2) is 54.3 Å². The highest BCUT2D eigenvalue weighted by molar-refractivity contribution is 6.08. The van der Waals surface area contributed by atoms with Crippen molar-refractivity contribution in [1.29, 1.82) is 0 Å². The van der Waals surface area contributed by atoms with Gasteiger partial charge in [-0.2, -0.15) is 0 Å². The lowest BCUT2D eigenvalue weighted by atomic mass is 9.85. The van der Waals surface area contributed by atoms with E-state index < -0.39 is 54.1 Å². The van der Waals surface area contributed by atoms with Gasteiger partial charge in [0, 0.05) is 0 Å². The molecule has 30 heavy (non-hydrogen) atoms. The fourth-order valence-corrected chi connectivity index (χ4v) is 3.64. The van der Waals surface area contributed by atoms with Gasteiger partial charge in [-0.05, 0) is 31.9 Å². The van der Waals surface area contributed by atoms with Crippen molar-refractivity contribution in [1.82, 2.24) is 4.90 Å². The van der Waals surface area contributed by atoms with E-state index in [2.05, 4.69) is 10.1 Å². The standard InChI is InChI=1S/C21H22N2O7/c1-12(23-18(25)13-7-3-4-8-14(13)19(23)26)20(27)30-11-17(24)22-16-10-6-5-9-15(16)21(28)29-2/h3-6,9-10,12-14H,7-8,11H2,1-2H3,(H,22,24)/t12-,13-,14+/m0/s1. The van der Waals surface area contributed by atoms with Crippen molar-refractivity contribution in [2.45, 2.75) is 25.8 Å². The Morgan fingerprint density at radius 1 is 1.10 bits per heavy atom. The van der Waals surface area contributed by atoms with E-state index in [0.29, 0.717) is 12.8 Å². The Morgan fingerprint density at radius 2 is 1.70 bits per heavy atom. The summed E-state index contributed by atoms with van der Waals surface area (Å²) in [4.78, 5) is 62.3. The number of fused-ring (bicyclic) bond motifs is 1. The lowest BCUT2D eigenvalue weighted by Gasteiger charge is -2.21. The van der Waals surface area contributed by atoms with Crippen LogP contribution in [0.3, 0.4) is 0 Å². The second-order valence-corrected chi connectivity index (χ2v) is 7.07. The third-order valence-corrected chi connectivity index (χ3v) is 5.22. The van der Waals surface area contributed by atoms with Crippen LogP contribution in [0.5, 0.6) is 0 Å². The normalized spacial score (nSPS) is 21.1. The number of para-hydroxylation sites is 1. The number of imide groups is 1. The maximum Gasteiger partial charge on any atom is 0.339 e. The maximum atomic E-state index is 12.5. The Balaban J connectivity index is 1.58. The molecule has 0 bridgehead atoms. The fourth-order valence-electron chi connectivity index (χ4n) is 3.64. The van der Waals surface area contributed by atoms with Crippen molar-refractivity contribution in [3.05, 3.63) is 42.0 Å². The van der Waals surface area contributed by atoms with E-state index in [1.54, 1.807) is 12.1 Å². The van der Waals surface area contributed by atoms with Gasteiger partial charge in [-0.3, -0.25) is 19.3 Å². The first-order valence-corrected chi connectivity index (χ1v) is 9.51. The first-order chi connectivity index (χ1) is 14.3. The summed E-state index contributed by atoms with van der Waals surface area (Å²) in [6.07, 6.45) is 4.65. The summed E-state index contributed by atoms with van der Waals surface area (Å²) in [6, 6.07) is 5.08. The number of anilines is 1. The highest BCUT2D eigenvalue weighted by atomic mass is 16.5. The van der Waals surface area contributed by atoms with Gasteiger partial charge in [0.1, 0.15) is 6.04 Å². The number of methoxy groups -OCH3 is 1. The van der Waals surface area contributed by atoms with Crippen molar-refractivity contribution in [2.24, 2.45) is 11.8 Å². The molecule has 9 heteroatoms. The lowest BCUT2D eigenvalue weighted by molar-refractivity contribution is -0.159. The molecule has 0 unspecified atom stereocenters. The van der Waals surface area contributed by atoms with Crippen molar-refractivity contribution >= 4 is 35.3 Å². The molecule has 0 spiro atoms. The first-order valence-electron chi connectivity index (χ1n) is 9.51. The molecule has 2 aliphatic rings. The molecule has 0 saturated carbocycles. The zero-order valence-electron chi connectivity index (χ0n) is 16.6. The highest BCUT2D eigenvalue weighted by Crippen LogP contribution is 2.36. The van der Waals surface area contributed by atoms with Gasteiger partial charge in [-0.15, -0.1) is 0 Å². The van der Waals surface area contributed by atoms with Crippen LogP contribution in [0.1, 0.15) is 30.1 Å². The number of benzene rings is 1. The van der Waals surface area contributed by atoms with Gasteiger partial charge in [0.2, 0.25) is 11.8 Å². The summed E-state index contributed by atoms with van der Waals surface area (Å²) in [5.41, 5.74) is 0.359. The zero-order valence-corrected chi connectivity index (χ0v) is 16.6. The van der Waals surface area contributed by atoms with Crippen LogP contribution in [0.25, 0.3) is 0 Å². The molecule has 0 aromatic heterocycles. The third-order valence-electron chi connectivity index (χ3n) is 5.22. The number of amides is 3. The molecular formula is C21H22N2O7. The van der Waals surface area contributed by atoms with Crippen molar-refractivity contribution in [3.8, 4) is 0 Å². The van der Waals surface area contributed by atoms with Crippen LogP contribution in [-0.2, 0) is 28.7 Å². The van der Waals surface area contributed by atoms with E-state index in [4.69, 9.17) is 4.74 Å². The number of nitrogens with zero attached hydrogens (tertiary/aromatic N) is 1. The van der Waals surface area contributed by atoms with E-state index in [-0.39, 0.29) is 11.3 Å². The van der Waals surface area contributed by atoms with Crippen LogP contribution in [0.2, 0.25) is 0 Å². The zero-order chi connectivity index (χ0) is 21.8. The van der Waals surface area contributed by atoms with E-state index in [1.165, 1.54) is 26.2 Å². The quantitative estimate of drug-likeness (QED) is 0.423. The Labute approximate surface area is 173 Å². The number of hydrogen-bond donors (Lipinski definition) is 1. The van der Waals surface area contributed by atoms with Crippen molar-refractivity contribution in [3.63, 3.8) is 0 Å². The number of likely N-dealkylation sites (tertiary alicyclic amines) is 1. The Morgan fingerprint density at radius 3 is 2.30 bits per heavy atom. The minimum Gasteiger partial charge on any atom is -0.465 e. The number of carbonyl (C=O) groups is 5. The van der Waals surface area contributed by atoms with Gasteiger partial charge in [0.25, 0.3) is 5.91 Å². The number of carbonyl (C=O) groups excluding carboxylic acids is 5. The molecule has 1 fully saturated rings. The Hall–Kier alpha value is -3.49. The topological polar surface area (TPSA) is 119 Å². The molecule has 3 rings (SSSR count). The summed E-state index contributed by atoms with van der Waals surface area (Å²) in [5, 5.41) is 2.48. The molecule has 1 aromatic rings. The molecule has 1 heterocycles. The van der Waals surface area contributed by atoms with E-state index in [9.17, 15) is 24.0 Å². The predicted molar refractivity (Wildman–Crippen MR) is 104 cm³/mol. The third kappa shape index (κ3) is 4.10. The van der Waals surface area contributed by atoms with Gasteiger partial charge in [-0.25, -0.2) is 9.59 Å². The van der Waals surface area contributed by atoms with Gasteiger partial charge < -0.3 is 14.8 Å².